The monoisotopic (exact) mass is 168 g/mol. The molecule has 36 valence electrons. The summed E-state index contributed by atoms with van der Waals surface area (Å²) in [5.74, 6) is 0. The van der Waals surface area contributed by atoms with Gasteiger partial charge in [0.2, 0.25) is 0 Å². The van der Waals surface area contributed by atoms with Gasteiger partial charge in [-0.3, -0.25) is 0 Å². The van der Waals surface area contributed by atoms with E-state index in [1.165, 1.54) is 0 Å². The molecular weight excluding hydrogens is 165 g/mol. The molecule has 0 rings (SSSR count). The molecule has 0 saturated carbocycles. The van der Waals surface area contributed by atoms with Crippen molar-refractivity contribution in [3.05, 3.63) is 0 Å². The fourth-order valence-corrected chi connectivity index (χ4v) is 0. The third-order valence-corrected chi connectivity index (χ3v) is 3.71. The Morgan fingerprint density at radius 1 is 1.67 bits per heavy atom. The third kappa shape index (κ3) is 4.75. The van der Waals surface area contributed by atoms with Gasteiger partial charge in [-0.2, -0.15) is 0 Å². The molecule has 0 fully saturated rings. The van der Waals surface area contributed by atoms with Crippen molar-refractivity contribution in [2.75, 3.05) is 0 Å². The summed E-state index contributed by atoms with van der Waals surface area (Å²) in [6.07, 6.45) is 0. The number of rotatable bonds is 1. The van der Waals surface area contributed by atoms with Crippen LogP contribution in [0.3, 0.4) is 0 Å². The van der Waals surface area contributed by atoms with E-state index in [0.29, 0.717) is 0 Å². The van der Waals surface area contributed by atoms with Crippen molar-refractivity contribution in [3.63, 3.8) is 0 Å². The molecule has 0 amide bonds. The van der Waals surface area contributed by atoms with E-state index in [1.54, 1.807) is 0 Å². The summed E-state index contributed by atoms with van der Waals surface area (Å²) in [5, 5.41) is 0. The van der Waals surface area contributed by atoms with Crippen LogP contribution in [-0.2, 0) is 7.88 Å². The van der Waals surface area contributed by atoms with Gasteiger partial charge in [-0.15, -0.1) is 0 Å². The van der Waals surface area contributed by atoms with Crippen molar-refractivity contribution in [3.8, 4) is 0 Å². The molecule has 0 spiro atoms. The fourth-order valence-electron chi connectivity index (χ4n) is 0. The number of hydrogen-bond donors (Lipinski definition) is 2. The quantitative estimate of drug-likeness (QED) is 0.375. The maximum absolute atomic E-state index is 9.52. The minimum atomic E-state index is -4.06. The predicted octanol–water partition coefficient (Wildman–Crippen LogP) is -1.36. The maximum atomic E-state index is 9.52. The van der Waals surface area contributed by atoms with Gasteiger partial charge in [0.15, 0.2) is 0 Å². The van der Waals surface area contributed by atoms with Crippen molar-refractivity contribution in [1.82, 2.24) is 0 Å². The molecule has 0 aliphatic heterocycles. The zero-order valence-electron chi connectivity index (χ0n) is 3.16. The molecule has 0 bridgehead atoms. The minimum absolute atomic E-state index is 0.216. The van der Waals surface area contributed by atoms with Crippen molar-refractivity contribution in [1.29, 1.82) is 0 Å². The van der Waals surface area contributed by atoms with Crippen molar-refractivity contribution >= 4 is 26.8 Å². The van der Waals surface area contributed by atoms with Gasteiger partial charge in [0.1, 0.15) is 0 Å². The molecule has 2 N–H and O–H groups in total. The first-order chi connectivity index (χ1) is 2.56. The van der Waals surface area contributed by atoms with Crippen LogP contribution in [0.4, 0.5) is 0 Å². The predicted molar refractivity (Wildman–Crippen MR) is 21.7 cm³/mol. The first-order valence-corrected chi connectivity index (χ1v) is 4.42. The van der Waals surface area contributed by atoms with Crippen LogP contribution in [0.1, 0.15) is 0 Å². The van der Waals surface area contributed by atoms with Crippen LogP contribution < -0.4 is 0 Å². The molecule has 0 radical (unpaired) electrons. The summed E-state index contributed by atoms with van der Waals surface area (Å²) < 4.78 is 13.3. The Balaban J connectivity index is 3.48. The summed E-state index contributed by atoms with van der Waals surface area (Å²) in [6.45, 7) is 0. The average molecular weight is 169 g/mol. The molecule has 6 heteroatoms. The van der Waals surface area contributed by atoms with E-state index in [-0.39, 0.29) is 19.0 Å². The second-order valence-corrected chi connectivity index (χ2v) is 4.32. The van der Waals surface area contributed by atoms with E-state index < -0.39 is 7.82 Å². The SMILES string of the molecule is O=P(O)(O)[O][GaH2]. The number of phosphoric acid groups is 1. The summed E-state index contributed by atoms with van der Waals surface area (Å²) >= 11 is -0.216. The zero-order valence-corrected chi connectivity index (χ0v) is 8.25. The van der Waals surface area contributed by atoms with Gasteiger partial charge in [-0.25, -0.2) is 0 Å². The topological polar surface area (TPSA) is 66.8 Å². The molecule has 0 aliphatic carbocycles. The summed E-state index contributed by atoms with van der Waals surface area (Å²) in [6, 6.07) is 0. The second-order valence-electron chi connectivity index (χ2n) is 0.673. The van der Waals surface area contributed by atoms with E-state index in [9.17, 15) is 4.57 Å². The average Bonchev–Trinajstić information content (AvgIpc) is 1.35. The van der Waals surface area contributed by atoms with Crippen LogP contribution in [0.25, 0.3) is 0 Å². The van der Waals surface area contributed by atoms with Crippen LogP contribution in [0.5, 0.6) is 0 Å². The van der Waals surface area contributed by atoms with E-state index in [4.69, 9.17) is 9.79 Å². The van der Waals surface area contributed by atoms with Crippen LogP contribution in [0.15, 0.2) is 0 Å². The molecule has 0 aromatic rings. The molecule has 0 unspecified atom stereocenters. The molecule has 0 aromatic heterocycles. The summed E-state index contributed by atoms with van der Waals surface area (Å²) in [7, 11) is -4.06. The summed E-state index contributed by atoms with van der Waals surface area (Å²) in [5.41, 5.74) is 0. The molecule has 0 aliphatic rings. The zero-order chi connectivity index (χ0) is 5.21. The van der Waals surface area contributed by atoms with Gasteiger partial charge < -0.3 is 0 Å². The van der Waals surface area contributed by atoms with Crippen LogP contribution in [-0.4, -0.2) is 28.8 Å². The Hall–Kier alpha value is 0.746. The van der Waals surface area contributed by atoms with Gasteiger partial charge in [0.05, 0.1) is 0 Å². The summed E-state index contributed by atoms with van der Waals surface area (Å²) in [4.78, 5) is 15.5. The van der Waals surface area contributed by atoms with E-state index >= 15 is 0 Å². The molecule has 0 aromatic carbocycles. The second kappa shape index (κ2) is 2.16. The number of hydrogen-bond acceptors (Lipinski definition) is 2. The van der Waals surface area contributed by atoms with Crippen molar-refractivity contribution in [2.24, 2.45) is 0 Å². The van der Waals surface area contributed by atoms with Crippen LogP contribution in [0, 0.1) is 0 Å². The van der Waals surface area contributed by atoms with Crippen molar-refractivity contribution < 1.29 is 17.7 Å². The van der Waals surface area contributed by atoms with Crippen LogP contribution >= 0.6 is 7.82 Å². The van der Waals surface area contributed by atoms with Gasteiger partial charge in [0, 0.05) is 0 Å². The van der Waals surface area contributed by atoms with Gasteiger partial charge in [0.25, 0.3) is 0 Å². The molecule has 6 heavy (non-hydrogen) atoms. The van der Waals surface area contributed by atoms with Crippen molar-refractivity contribution in [2.45, 2.75) is 0 Å². The molecule has 4 nitrogen and oxygen atoms in total. The fraction of sp³-hybridized carbons (Fsp3) is 0. The van der Waals surface area contributed by atoms with Gasteiger partial charge in [-0.05, 0) is 0 Å². The molecule has 0 saturated heterocycles. The molecule has 0 atom stereocenters. The van der Waals surface area contributed by atoms with Crippen LogP contribution in [0.2, 0.25) is 0 Å². The third-order valence-electron chi connectivity index (χ3n) is 0.238. The standard InChI is InChI=1S/Ga.H3O4P.2H/c;1-5(2,3)4;;/h;(H3,1,2,3,4);;/q+1;;;/p-1. The first kappa shape index (κ1) is 6.75. The Morgan fingerprint density at radius 2 is 1.83 bits per heavy atom. The van der Waals surface area contributed by atoms with E-state index in [1.807, 2.05) is 0 Å². The normalized spacial score (nSPS) is 11.7. The van der Waals surface area contributed by atoms with Gasteiger partial charge in [-0.1, -0.05) is 0 Å². The van der Waals surface area contributed by atoms with E-state index in [0.717, 1.165) is 0 Å². The first-order valence-electron chi connectivity index (χ1n) is 1.17. The van der Waals surface area contributed by atoms with E-state index in [2.05, 4.69) is 3.32 Å². The Labute approximate surface area is 45.1 Å². The Kier molecular flexibility index (Phi) is 2.43. The van der Waals surface area contributed by atoms with Gasteiger partial charge >= 0.3 is 44.5 Å². The Morgan fingerprint density at radius 3 is 1.83 bits per heavy atom. The molecule has 0 heterocycles. The molecular formula is H4GaO4P. The Bertz CT molecular complexity index is 71.6.